The zero-order valence-electron chi connectivity index (χ0n) is 12.7. The van der Waals surface area contributed by atoms with Gasteiger partial charge in [-0.05, 0) is 17.7 Å². The molecule has 4 N–H and O–H groups in total. The number of hydrogen-bond donors (Lipinski definition) is 3. The van der Waals surface area contributed by atoms with Crippen LogP contribution in [0.25, 0.3) is 0 Å². The maximum Gasteiger partial charge on any atom is 0.407 e. The highest BCUT2D eigenvalue weighted by atomic mass is 16.5. The lowest BCUT2D eigenvalue weighted by molar-refractivity contribution is 0.140. The molecule has 0 aliphatic rings. The topological polar surface area (TPSA) is 76.4 Å². The number of benzene rings is 2. The van der Waals surface area contributed by atoms with Gasteiger partial charge in [-0.15, -0.1) is 0 Å². The predicted octanol–water partition coefficient (Wildman–Crippen LogP) is 2.64. The van der Waals surface area contributed by atoms with Gasteiger partial charge in [0.1, 0.15) is 6.61 Å². The van der Waals surface area contributed by atoms with Crippen LogP contribution >= 0.6 is 0 Å². The number of rotatable bonds is 5. The lowest BCUT2D eigenvalue weighted by atomic mass is 10.2. The first-order chi connectivity index (χ1) is 11.3. The summed E-state index contributed by atoms with van der Waals surface area (Å²) in [6.45, 7) is 0.687. The number of anilines is 1. The quantitative estimate of drug-likeness (QED) is 0.343. The molecule has 23 heavy (non-hydrogen) atoms. The molecule has 0 aliphatic carbocycles. The number of nitrogen functional groups attached to an aromatic ring is 1. The molecule has 118 valence electrons. The van der Waals surface area contributed by atoms with Gasteiger partial charge in [-0.2, -0.15) is 0 Å². The number of amides is 1. The van der Waals surface area contributed by atoms with Crippen LogP contribution in [0, 0.1) is 11.8 Å². The molecule has 5 nitrogen and oxygen atoms in total. The average molecular weight is 309 g/mol. The van der Waals surface area contributed by atoms with Crippen LogP contribution in [-0.2, 0) is 11.3 Å². The first-order valence-electron chi connectivity index (χ1n) is 7.28. The Kier molecular flexibility index (Phi) is 6.51. The minimum absolute atomic E-state index is 0.258. The van der Waals surface area contributed by atoms with E-state index in [0.29, 0.717) is 13.0 Å². The lowest BCUT2D eigenvalue weighted by Gasteiger charge is -2.05. The number of hydrazine groups is 1. The van der Waals surface area contributed by atoms with E-state index in [1.165, 1.54) is 0 Å². The number of carbonyl (C=O) groups excluding carboxylic acids is 1. The average Bonchev–Trinajstić information content (AvgIpc) is 2.61. The molecule has 2 aromatic carbocycles. The summed E-state index contributed by atoms with van der Waals surface area (Å²) in [5.74, 6) is 11.4. The molecule has 0 unspecified atom stereocenters. The lowest BCUT2D eigenvalue weighted by Crippen LogP contribution is -2.24. The van der Waals surface area contributed by atoms with Gasteiger partial charge in [0.15, 0.2) is 0 Å². The van der Waals surface area contributed by atoms with Crippen LogP contribution in [0.15, 0.2) is 54.6 Å². The van der Waals surface area contributed by atoms with E-state index < -0.39 is 6.09 Å². The smallest absolute Gasteiger partial charge is 0.407 e. The fraction of sp³-hybridized carbons (Fsp3) is 0.167. The van der Waals surface area contributed by atoms with Crippen LogP contribution in [0.1, 0.15) is 17.5 Å². The molecular formula is C18H19N3O2. The van der Waals surface area contributed by atoms with Crippen molar-refractivity contribution in [3.05, 3.63) is 65.7 Å². The molecular weight excluding hydrogens is 290 g/mol. The second-order valence-corrected chi connectivity index (χ2v) is 4.73. The molecule has 5 heteroatoms. The van der Waals surface area contributed by atoms with Gasteiger partial charge in [-0.25, -0.2) is 4.79 Å². The van der Waals surface area contributed by atoms with Crippen molar-refractivity contribution in [2.24, 2.45) is 5.84 Å². The molecule has 0 spiro atoms. The van der Waals surface area contributed by atoms with Crippen molar-refractivity contribution in [1.29, 1.82) is 0 Å². The largest absolute Gasteiger partial charge is 0.445 e. The monoisotopic (exact) mass is 309 g/mol. The Hall–Kier alpha value is -2.97. The summed E-state index contributed by atoms with van der Waals surface area (Å²) >= 11 is 0. The van der Waals surface area contributed by atoms with E-state index in [4.69, 9.17) is 10.6 Å². The number of hydrogen-bond acceptors (Lipinski definition) is 4. The molecule has 0 radical (unpaired) electrons. The maximum absolute atomic E-state index is 11.5. The summed E-state index contributed by atoms with van der Waals surface area (Å²) in [5, 5.41) is 2.66. The van der Waals surface area contributed by atoms with Crippen molar-refractivity contribution in [3.8, 4) is 11.8 Å². The second-order valence-electron chi connectivity index (χ2n) is 4.73. The zero-order valence-corrected chi connectivity index (χ0v) is 12.7. The summed E-state index contributed by atoms with van der Waals surface area (Å²) in [4.78, 5) is 11.5. The number of ether oxygens (including phenoxy) is 1. The SMILES string of the molecule is NNc1ccccc1C#CCCNC(=O)OCc1ccccc1. The van der Waals surface area contributed by atoms with E-state index in [1.807, 2.05) is 54.6 Å². The van der Waals surface area contributed by atoms with Gasteiger partial charge in [0.25, 0.3) is 0 Å². The molecule has 1 amide bonds. The Morgan fingerprint density at radius 3 is 2.61 bits per heavy atom. The maximum atomic E-state index is 11.5. The molecule has 0 aliphatic heterocycles. The van der Waals surface area contributed by atoms with Crippen molar-refractivity contribution in [3.63, 3.8) is 0 Å². The van der Waals surface area contributed by atoms with Gasteiger partial charge in [0.2, 0.25) is 0 Å². The van der Waals surface area contributed by atoms with E-state index in [-0.39, 0.29) is 6.61 Å². The minimum atomic E-state index is -0.445. The van der Waals surface area contributed by atoms with Crippen LogP contribution in [0.5, 0.6) is 0 Å². The number of carbonyl (C=O) groups is 1. The van der Waals surface area contributed by atoms with Crippen molar-refractivity contribution in [2.45, 2.75) is 13.0 Å². The Labute approximate surface area is 135 Å². The molecule has 0 saturated heterocycles. The highest BCUT2D eigenvalue weighted by molar-refractivity contribution is 5.67. The Morgan fingerprint density at radius 1 is 1.09 bits per heavy atom. The van der Waals surface area contributed by atoms with E-state index >= 15 is 0 Å². The van der Waals surface area contributed by atoms with E-state index in [2.05, 4.69) is 22.6 Å². The van der Waals surface area contributed by atoms with Gasteiger partial charge in [-0.3, -0.25) is 5.84 Å². The van der Waals surface area contributed by atoms with Crippen LogP contribution in [0.4, 0.5) is 10.5 Å². The van der Waals surface area contributed by atoms with Crippen LogP contribution in [0.2, 0.25) is 0 Å². The normalized spacial score (nSPS) is 9.43. The molecule has 0 heterocycles. The minimum Gasteiger partial charge on any atom is -0.445 e. The summed E-state index contributed by atoms with van der Waals surface area (Å²) in [6.07, 6.45) is 0.0824. The zero-order chi connectivity index (χ0) is 16.3. The highest BCUT2D eigenvalue weighted by Gasteiger charge is 2.00. The van der Waals surface area contributed by atoms with E-state index in [1.54, 1.807) is 0 Å². The summed E-state index contributed by atoms with van der Waals surface area (Å²) in [6, 6.07) is 17.0. The molecule has 0 saturated carbocycles. The third-order valence-electron chi connectivity index (χ3n) is 3.04. The van der Waals surface area contributed by atoms with Crippen molar-refractivity contribution < 1.29 is 9.53 Å². The molecule has 0 aromatic heterocycles. The van der Waals surface area contributed by atoms with Crippen molar-refractivity contribution in [2.75, 3.05) is 12.0 Å². The number of nitrogens with two attached hydrogens (primary N) is 1. The summed E-state index contributed by atoms with van der Waals surface area (Å²) < 4.78 is 5.10. The third-order valence-corrected chi connectivity index (χ3v) is 3.04. The fourth-order valence-electron chi connectivity index (χ4n) is 1.88. The Morgan fingerprint density at radius 2 is 1.83 bits per heavy atom. The molecule has 2 aromatic rings. The standard InChI is InChI=1S/C18H19N3O2/c19-21-17-12-5-4-10-16(17)11-6-7-13-20-18(22)23-14-15-8-2-1-3-9-15/h1-5,8-10,12,21H,7,13-14,19H2,(H,20,22). The first kappa shape index (κ1) is 16.4. The van der Waals surface area contributed by atoms with Gasteiger partial charge >= 0.3 is 6.09 Å². The molecule has 0 bridgehead atoms. The number of para-hydroxylation sites is 1. The van der Waals surface area contributed by atoms with E-state index in [9.17, 15) is 4.79 Å². The Bertz CT molecular complexity index is 690. The number of alkyl carbamates (subject to hydrolysis) is 1. The van der Waals surface area contributed by atoms with Gasteiger partial charge in [0, 0.05) is 18.5 Å². The third kappa shape index (κ3) is 5.73. The van der Waals surface area contributed by atoms with Crippen molar-refractivity contribution >= 4 is 11.8 Å². The fourth-order valence-corrected chi connectivity index (χ4v) is 1.88. The molecule has 0 atom stereocenters. The number of nitrogens with one attached hydrogen (secondary N) is 2. The Balaban J connectivity index is 1.69. The predicted molar refractivity (Wildman–Crippen MR) is 90.4 cm³/mol. The highest BCUT2D eigenvalue weighted by Crippen LogP contribution is 2.11. The van der Waals surface area contributed by atoms with Gasteiger partial charge in [0.05, 0.1) is 5.69 Å². The summed E-state index contributed by atoms with van der Waals surface area (Å²) in [7, 11) is 0. The van der Waals surface area contributed by atoms with Crippen molar-refractivity contribution in [1.82, 2.24) is 5.32 Å². The van der Waals surface area contributed by atoms with Gasteiger partial charge < -0.3 is 15.5 Å². The van der Waals surface area contributed by atoms with Crippen LogP contribution in [0.3, 0.4) is 0 Å². The second kappa shape index (κ2) is 9.13. The molecule has 0 fully saturated rings. The molecule has 2 rings (SSSR count). The van der Waals surface area contributed by atoms with E-state index in [0.717, 1.165) is 16.8 Å². The van der Waals surface area contributed by atoms with Crippen LogP contribution in [-0.4, -0.2) is 12.6 Å². The summed E-state index contributed by atoms with van der Waals surface area (Å²) in [5.41, 5.74) is 5.14. The first-order valence-corrected chi connectivity index (χ1v) is 7.28. The van der Waals surface area contributed by atoms with Crippen LogP contribution < -0.4 is 16.6 Å². The van der Waals surface area contributed by atoms with Gasteiger partial charge in [-0.1, -0.05) is 54.3 Å².